The summed E-state index contributed by atoms with van der Waals surface area (Å²) in [6.45, 7) is 0.460. The number of hydrogen-bond donors (Lipinski definition) is 0. The predicted octanol–water partition coefficient (Wildman–Crippen LogP) is 4.53. The number of nitrogens with zero attached hydrogens (tertiary/aromatic N) is 1. The van der Waals surface area contributed by atoms with E-state index in [4.69, 9.17) is 27.9 Å². The lowest BCUT2D eigenvalue weighted by molar-refractivity contribution is 0.394. The fourth-order valence-electron chi connectivity index (χ4n) is 3.00. The van der Waals surface area contributed by atoms with Crippen molar-refractivity contribution in [2.24, 2.45) is 0 Å². The summed E-state index contributed by atoms with van der Waals surface area (Å²) in [6, 6.07) is 11.9. The van der Waals surface area contributed by atoms with Crippen molar-refractivity contribution in [1.29, 1.82) is 0 Å². The van der Waals surface area contributed by atoms with Gasteiger partial charge in [-0.05, 0) is 42.7 Å². The van der Waals surface area contributed by atoms with Gasteiger partial charge in [-0.3, -0.25) is 0 Å². The van der Waals surface area contributed by atoms with Crippen LogP contribution in [0, 0.1) is 0 Å². The summed E-state index contributed by atoms with van der Waals surface area (Å²) in [5, 5.41) is 0.303. The molecule has 0 saturated carbocycles. The van der Waals surface area contributed by atoms with E-state index in [0.29, 0.717) is 6.54 Å². The number of hydrogen-bond acceptors (Lipinski definition) is 3. The maximum absolute atomic E-state index is 13.1. The molecule has 7 heteroatoms. The molecule has 1 aliphatic rings. The average Bonchev–Trinajstić information content (AvgIpc) is 3.08. The van der Waals surface area contributed by atoms with Crippen molar-refractivity contribution in [2.75, 3.05) is 13.7 Å². The van der Waals surface area contributed by atoms with Crippen molar-refractivity contribution in [3.05, 3.63) is 58.1 Å². The Labute approximate surface area is 152 Å². The first-order chi connectivity index (χ1) is 11.4. The van der Waals surface area contributed by atoms with Gasteiger partial charge in [0.05, 0.1) is 23.2 Å². The summed E-state index contributed by atoms with van der Waals surface area (Å²) < 4.78 is 32.8. The van der Waals surface area contributed by atoms with Crippen LogP contribution in [0.2, 0.25) is 10.0 Å². The standard InChI is InChI=1S/C17H17Cl2NO3S/c1-23-13-9-7-12(8-10-13)15-5-3-11-20(15)24(21,22)16-6-2-4-14(18)17(16)19/h2,4,6-10,15H,3,5,11H2,1H3/t15-/m1/s1. The molecule has 2 aromatic rings. The summed E-state index contributed by atoms with van der Waals surface area (Å²) in [5.41, 5.74) is 0.940. The second-order valence-electron chi connectivity index (χ2n) is 5.60. The van der Waals surface area contributed by atoms with Crippen molar-refractivity contribution in [2.45, 2.75) is 23.8 Å². The van der Waals surface area contributed by atoms with Crippen LogP contribution in [0.25, 0.3) is 0 Å². The summed E-state index contributed by atoms with van der Waals surface area (Å²) >= 11 is 12.1. The Morgan fingerprint density at radius 2 is 1.83 bits per heavy atom. The van der Waals surface area contributed by atoms with Gasteiger partial charge in [0.1, 0.15) is 10.6 Å². The van der Waals surface area contributed by atoms with Crippen LogP contribution in [0.4, 0.5) is 0 Å². The van der Waals surface area contributed by atoms with Crippen LogP contribution in [0.15, 0.2) is 47.4 Å². The quantitative estimate of drug-likeness (QED) is 0.776. The highest BCUT2D eigenvalue weighted by Crippen LogP contribution is 2.39. The van der Waals surface area contributed by atoms with E-state index in [1.54, 1.807) is 19.2 Å². The molecule has 24 heavy (non-hydrogen) atoms. The topological polar surface area (TPSA) is 46.6 Å². The van der Waals surface area contributed by atoms with E-state index in [0.717, 1.165) is 24.2 Å². The molecule has 2 aromatic carbocycles. The Morgan fingerprint density at radius 3 is 2.50 bits per heavy atom. The third-order valence-corrected chi connectivity index (χ3v) is 7.09. The average molecular weight is 386 g/mol. The van der Waals surface area contributed by atoms with E-state index in [1.807, 2.05) is 24.3 Å². The van der Waals surface area contributed by atoms with Gasteiger partial charge in [0, 0.05) is 6.54 Å². The van der Waals surface area contributed by atoms with Crippen LogP contribution >= 0.6 is 23.2 Å². The molecule has 0 bridgehead atoms. The van der Waals surface area contributed by atoms with Crippen LogP contribution in [0.5, 0.6) is 5.75 Å². The highest BCUT2D eigenvalue weighted by Gasteiger charge is 2.37. The molecule has 4 nitrogen and oxygen atoms in total. The summed E-state index contributed by atoms with van der Waals surface area (Å²) in [4.78, 5) is 0.0529. The molecule has 1 heterocycles. The van der Waals surface area contributed by atoms with E-state index in [1.165, 1.54) is 10.4 Å². The number of ether oxygens (including phenoxy) is 1. The van der Waals surface area contributed by atoms with Gasteiger partial charge in [0.25, 0.3) is 0 Å². The van der Waals surface area contributed by atoms with Gasteiger partial charge < -0.3 is 4.74 Å². The molecule has 0 radical (unpaired) electrons. The largest absolute Gasteiger partial charge is 0.497 e. The van der Waals surface area contributed by atoms with Crippen molar-refractivity contribution in [3.63, 3.8) is 0 Å². The lowest BCUT2D eigenvalue weighted by atomic mass is 10.1. The fraction of sp³-hybridized carbons (Fsp3) is 0.294. The number of benzene rings is 2. The lowest BCUT2D eigenvalue weighted by Crippen LogP contribution is -2.30. The molecule has 1 saturated heterocycles. The van der Waals surface area contributed by atoms with Gasteiger partial charge in [-0.25, -0.2) is 8.42 Å². The van der Waals surface area contributed by atoms with E-state index < -0.39 is 10.0 Å². The number of rotatable bonds is 4. The summed E-state index contributed by atoms with van der Waals surface area (Å²) in [5.74, 6) is 0.740. The number of methoxy groups -OCH3 is 1. The van der Waals surface area contributed by atoms with Crippen molar-refractivity contribution >= 4 is 33.2 Å². The maximum atomic E-state index is 13.1. The first-order valence-electron chi connectivity index (χ1n) is 7.55. The van der Waals surface area contributed by atoms with Crippen LogP contribution in [0.1, 0.15) is 24.4 Å². The smallest absolute Gasteiger partial charge is 0.245 e. The van der Waals surface area contributed by atoms with Crippen LogP contribution in [-0.4, -0.2) is 26.4 Å². The SMILES string of the molecule is COc1ccc([C@H]2CCCN2S(=O)(=O)c2cccc(Cl)c2Cl)cc1. The fourth-order valence-corrected chi connectivity index (χ4v) is 5.42. The molecule has 0 N–H and O–H groups in total. The third-order valence-electron chi connectivity index (χ3n) is 4.21. The lowest BCUT2D eigenvalue weighted by Gasteiger charge is -2.25. The van der Waals surface area contributed by atoms with E-state index >= 15 is 0 Å². The zero-order valence-corrected chi connectivity index (χ0v) is 15.4. The van der Waals surface area contributed by atoms with E-state index in [2.05, 4.69) is 0 Å². The number of halogens is 2. The third kappa shape index (κ3) is 3.14. The normalized spacial score (nSPS) is 18.7. The van der Waals surface area contributed by atoms with Crippen molar-refractivity contribution in [1.82, 2.24) is 4.31 Å². The van der Waals surface area contributed by atoms with Gasteiger partial charge in [-0.2, -0.15) is 4.31 Å². The highest BCUT2D eigenvalue weighted by molar-refractivity contribution is 7.89. The molecule has 0 aliphatic carbocycles. The maximum Gasteiger partial charge on any atom is 0.245 e. The van der Waals surface area contributed by atoms with Crippen molar-refractivity contribution < 1.29 is 13.2 Å². The molecule has 128 valence electrons. The van der Waals surface area contributed by atoms with Gasteiger partial charge in [-0.1, -0.05) is 41.4 Å². The molecule has 1 fully saturated rings. The van der Waals surface area contributed by atoms with E-state index in [9.17, 15) is 8.42 Å². The number of sulfonamides is 1. The van der Waals surface area contributed by atoms with E-state index in [-0.39, 0.29) is 21.0 Å². The van der Waals surface area contributed by atoms with Gasteiger partial charge >= 0.3 is 0 Å². The Bertz CT molecular complexity index is 837. The van der Waals surface area contributed by atoms with Gasteiger partial charge in [-0.15, -0.1) is 0 Å². The molecule has 0 spiro atoms. The van der Waals surface area contributed by atoms with Crippen LogP contribution < -0.4 is 4.74 Å². The van der Waals surface area contributed by atoms with Crippen LogP contribution in [0.3, 0.4) is 0 Å². The zero-order chi connectivity index (χ0) is 17.3. The molecule has 0 amide bonds. The summed E-state index contributed by atoms with van der Waals surface area (Å²) in [6.07, 6.45) is 1.57. The molecular formula is C17H17Cl2NO3S. The second kappa shape index (κ2) is 6.92. The Balaban J connectivity index is 1.98. The predicted molar refractivity (Wildman–Crippen MR) is 95.3 cm³/mol. The Kier molecular flexibility index (Phi) is 5.06. The minimum atomic E-state index is -3.72. The molecular weight excluding hydrogens is 369 g/mol. The minimum absolute atomic E-state index is 0.0529. The molecule has 1 aliphatic heterocycles. The van der Waals surface area contributed by atoms with Crippen molar-refractivity contribution in [3.8, 4) is 5.75 Å². The second-order valence-corrected chi connectivity index (χ2v) is 8.24. The molecule has 0 unspecified atom stereocenters. The molecule has 3 rings (SSSR count). The summed E-state index contributed by atoms with van der Waals surface area (Å²) in [7, 11) is -2.12. The first-order valence-corrected chi connectivity index (χ1v) is 9.74. The molecule has 1 atom stereocenters. The van der Waals surface area contributed by atoms with Crippen LogP contribution in [-0.2, 0) is 10.0 Å². The monoisotopic (exact) mass is 385 g/mol. The van der Waals surface area contributed by atoms with Gasteiger partial charge in [0.15, 0.2) is 0 Å². The zero-order valence-electron chi connectivity index (χ0n) is 13.1. The minimum Gasteiger partial charge on any atom is -0.497 e. The first kappa shape index (κ1) is 17.5. The Morgan fingerprint density at radius 1 is 1.12 bits per heavy atom. The van der Waals surface area contributed by atoms with Gasteiger partial charge in [0.2, 0.25) is 10.0 Å². The molecule has 0 aromatic heterocycles. The highest BCUT2D eigenvalue weighted by atomic mass is 35.5. The Hall–Kier alpha value is -1.27.